The fourth-order valence-electron chi connectivity index (χ4n) is 4.61. The molecule has 4 rings (SSSR count). The number of carbonyl (C=O) groups is 2. The monoisotopic (exact) mass is 423 g/mol. The van der Waals surface area contributed by atoms with Crippen molar-refractivity contribution in [3.8, 4) is 11.1 Å². The first kappa shape index (κ1) is 21.5. The molecular weight excluding hydrogens is 393 g/mol. The maximum Gasteiger partial charge on any atom is 0.242 e. The summed E-state index contributed by atoms with van der Waals surface area (Å²) in [6, 6.07) is 10.7. The normalized spacial score (nSPS) is 18.2. The van der Waals surface area contributed by atoms with Crippen molar-refractivity contribution in [3.63, 3.8) is 0 Å². The molecule has 2 saturated heterocycles. The first-order chi connectivity index (χ1) is 15.0. The molecule has 1 aromatic heterocycles. The number of aryl methyl sites for hydroxylation is 1. The van der Waals surface area contributed by atoms with Crippen molar-refractivity contribution in [1.82, 2.24) is 14.8 Å². The zero-order chi connectivity index (χ0) is 21.8. The smallest absolute Gasteiger partial charge is 0.242 e. The molecule has 164 valence electrons. The minimum Gasteiger partial charge on any atom is -0.341 e. The van der Waals surface area contributed by atoms with Gasteiger partial charge in [-0.05, 0) is 68.0 Å². The predicted octanol–water partition coefficient (Wildman–Crippen LogP) is 4.30. The minimum atomic E-state index is -0.242. The summed E-state index contributed by atoms with van der Waals surface area (Å²) in [5.41, 5.74) is 3.99. The second kappa shape index (κ2) is 9.58. The first-order valence-corrected chi connectivity index (χ1v) is 11.3. The van der Waals surface area contributed by atoms with Crippen LogP contribution in [0.2, 0.25) is 0 Å². The van der Waals surface area contributed by atoms with Gasteiger partial charge in [0.1, 0.15) is 5.82 Å². The number of hydrogen-bond acceptors (Lipinski definition) is 3. The van der Waals surface area contributed by atoms with E-state index in [0.717, 1.165) is 54.6 Å². The molecule has 0 spiro atoms. The van der Waals surface area contributed by atoms with Gasteiger partial charge in [0.2, 0.25) is 11.8 Å². The van der Waals surface area contributed by atoms with Crippen LogP contribution in [-0.4, -0.2) is 52.8 Å². The van der Waals surface area contributed by atoms with E-state index < -0.39 is 0 Å². The molecule has 2 aromatic rings. The Morgan fingerprint density at radius 1 is 1.03 bits per heavy atom. The molecule has 0 unspecified atom stereocenters. The highest BCUT2D eigenvalue weighted by Crippen LogP contribution is 2.30. The van der Waals surface area contributed by atoms with Gasteiger partial charge in [-0.3, -0.25) is 14.6 Å². The van der Waals surface area contributed by atoms with Crippen molar-refractivity contribution >= 4 is 11.8 Å². The summed E-state index contributed by atoms with van der Waals surface area (Å²) in [7, 11) is 0. The number of nitrogens with zero attached hydrogens (tertiary/aromatic N) is 3. The quantitative estimate of drug-likeness (QED) is 0.737. The summed E-state index contributed by atoms with van der Waals surface area (Å²) in [6.45, 7) is 4.26. The van der Waals surface area contributed by atoms with E-state index in [0.29, 0.717) is 32.0 Å². The second-order valence-corrected chi connectivity index (χ2v) is 8.71. The summed E-state index contributed by atoms with van der Waals surface area (Å²) >= 11 is 0. The van der Waals surface area contributed by atoms with Crippen LogP contribution in [0.1, 0.15) is 55.8 Å². The van der Waals surface area contributed by atoms with Crippen LogP contribution in [0, 0.1) is 12.7 Å². The van der Waals surface area contributed by atoms with Crippen LogP contribution in [0.25, 0.3) is 11.1 Å². The molecule has 0 saturated carbocycles. The van der Waals surface area contributed by atoms with Crippen LogP contribution >= 0.6 is 0 Å². The van der Waals surface area contributed by atoms with Crippen molar-refractivity contribution in [2.45, 2.75) is 51.4 Å². The lowest BCUT2D eigenvalue weighted by molar-refractivity contribution is -0.140. The first-order valence-electron chi connectivity index (χ1n) is 11.3. The van der Waals surface area contributed by atoms with Gasteiger partial charge in [-0.25, -0.2) is 4.39 Å². The number of amides is 2. The standard InChI is InChI=1S/C25H30FN3O2/c1-18-15-21(19-6-8-22(26)9-7-19)16-23(27-18)20-10-13-28(14-11-20)25(31)17-29-12-4-2-3-5-24(29)30/h6-9,15-16,20H,2-5,10-14,17H2,1H3. The molecule has 0 N–H and O–H groups in total. The predicted molar refractivity (Wildman–Crippen MR) is 118 cm³/mol. The molecule has 0 atom stereocenters. The van der Waals surface area contributed by atoms with Crippen LogP contribution < -0.4 is 0 Å². The third-order valence-corrected chi connectivity index (χ3v) is 6.41. The van der Waals surface area contributed by atoms with Crippen molar-refractivity contribution in [2.75, 3.05) is 26.2 Å². The molecule has 31 heavy (non-hydrogen) atoms. The summed E-state index contributed by atoms with van der Waals surface area (Å²) in [4.78, 5) is 33.4. The van der Waals surface area contributed by atoms with Crippen LogP contribution in [0.15, 0.2) is 36.4 Å². The number of likely N-dealkylation sites (tertiary alicyclic amines) is 2. The van der Waals surface area contributed by atoms with Crippen molar-refractivity contribution in [2.24, 2.45) is 0 Å². The van der Waals surface area contributed by atoms with Gasteiger partial charge in [-0.2, -0.15) is 0 Å². The summed E-state index contributed by atoms with van der Waals surface area (Å²) in [6.07, 6.45) is 5.25. The molecule has 6 heteroatoms. The average molecular weight is 424 g/mol. The lowest BCUT2D eigenvalue weighted by Crippen LogP contribution is -2.45. The second-order valence-electron chi connectivity index (χ2n) is 8.71. The molecule has 0 radical (unpaired) electrons. The fraction of sp³-hybridized carbons (Fsp3) is 0.480. The Balaban J connectivity index is 1.39. The third-order valence-electron chi connectivity index (χ3n) is 6.41. The van der Waals surface area contributed by atoms with Gasteiger partial charge < -0.3 is 9.80 Å². The molecule has 3 heterocycles. The van der Waals surface area contributed by atoms with E-state index in [1.165, 1.54) is 12.1 Å². The number of benzene rings is 1. The summed E-state index contributed by atoms with van der Waals surface area (Å²) in [5, 5.41) is 0. The van der Waals surface area contributed by atoms with Crippen LogP contribution in [0.3, 0.4) is 0 Å². The van der Waals surface area contributed by atoms with Crippen molar-refractivity contribution < 1.29 is 14.0 Å². The van der Waals surface area contributed by atoms with Gasteiger partial charge >= 0.3 is 0 Å². The van der Waals surface area contributed by atoms with Gasteiger partial charge in [-0.15, -0.1) is 0 Å². The molecule has 2 aliphatic heterocycles. The third kappa shape index (κ3) is 5.30. The molecular formula is C25H30FN3O2. The topological polar surface area (TPSA) is 53.5 Å². The van der Waals surface area contributed by atoms with E-state index in [1.807, 2.05) is 17.9 Å². The highest BCUT2D eigenvalue weighted by atomic mass is 19.1. The number of pyridine rings is 1. The molecule has 5 nitrogen and oxygen atoms in total. The fourth-order valence-corrected chi connectivity index (χ4v) is 4.61. The van der Waals surface area contributed by atoms with E-state index in [9.17, 15) is 14.0 Å². The van der Waals surface area contributed by atoms with Crippen LogP contribution in [0.5, 0.6) is 0 Å². The van der Waals surface area contributed by atoms with E-state index >= 15 is 0 Å². The largest absolute Gasteiger partial charge is 0.341 e. The van der Waals surface area contributed by atoms with E-state index in [2.05, 4.69) is 6.07 Å². The Hall–Kier alpha value is -2.76. The minimum absolute atomic E-state index is 0.0536. The Kier molecular flexibility index (Phi) is 6.64. The lowest BCUT2D eigenvalue weighted by atomic mass is 9.91. The lowest BCUT2D eigenvalue weighted by Gasteiger charge is -2.33. The number of piperidine rings is 1. The SMILES string of the molecule is Cc1cc(-c2ccc(F)cc2)cc(C2CCN(C(=O)CN3CCCCCC3=O)CC2)n1. The van der Waals surface area contributed by atoms with Gasteiger partial charge in [0.15, 0.2) is 0 Å². The number of hydrogen-bond donors (Lipinski definition) is 0. The highest BCUT2D eigenvalue weighted by molar-refractivity contribution is 5.85. The summed E-state index contributed by atoms with van der Waals surface area (Å²) < 4.78 is 13.3. The molecule has 0 aliphatic carbocycles. The maximum absolute atomic E-state index is 13.3. The summed E-state index contributed by atoms with van der Waals surface area (Å²) in [5.74, 6) is 0.215. The number of carbonyl (C=O) groups excluding carboxylic acids is 2. The zero-order valence-electron chi connectivity index (χ0n) is 18.1. The maximum atomic E-state index is 13.3. The average Bonchev–Trinajstić information content (AvgIpc) is 2.98. The van der Waals surface area contributed by atoms with E-state index in [-0.39, 0.29) is 24.2 Å². The van der Waals surface area contributed by atoms with Crippen molar-refractivity contribution in [1.29, 1.82) is 0 Å². The Morgan fingerprint density at radius 3 is 2.52 bits per heavy atom. The van der Waals surface area contributed by atoms with Gasteiger partial charge in [0.25, 0.3) is 0 Å². The number of aromatic nitrogens is 1. The Morgan fingerprint density at radius 2 is 1.77 bits per heavy atom. The number of halogens is 1. The van der Waals surface area contributed by atoms with Crippen LogP contribution in [0.4, 0.5) is 4.39 Å². The molecule has 1 aromatic carbocycles. The van der Waals surface area contributed by atoms with Gasteiger partial charge in [-0.1, -0.05) is 18.6 Å². The molecule has 2 amide bonds. The number of rotatable bonds is 4. The van der Waals surface area contributed by atoms with E-state index in [1.54, 1.807) is 17.0 Å². The van der Waals surface area contributed by atoms with E-state index in [4.69, 9.17) is 4.98 Å². The molecule has 2 aliphatic rings. The molecule has 2 fully saturated rings. The van der Waals surface area contributed by atoms with Gasteiger partial charge in [0.05, 0.1) is 6.54 Å². The molecule has 0 bridgehead atoms. The van der Waals surface area contributed by atoms with Crippen molar-refractivity contribution in [3.05, 3.63) is 53.6 Å². The van der Waals surface area contributed by atoms with Crippen LogP contribution in [-0.2, 0) is 9.59 Å². The highest BCUT2D eigenvalue weighted by Gasteiger charge is 2.27. The Bertz CT molecular complexity index is 936. The van der Waals surface area contributed by atoms with Gasteiger partial charge in [0, 0.05) is 43.4 Å². The zero-order valence-corrected chi connectivity index (χ0v) is 18.1. The Labute approximate surface area is 183 Å².